The van der Waals surface area contributed by atoms with E-state index in [4.69, 9.17) is 11.6 Å². The van der Waals surface area contributed by atoms with Crippen molar-refractivity contribution < 1.29 is 0 Å². The Hall–Kier alpha value is -0.0600. The SMILES string of the molecule is CC.Cc1c(P)cccc1Cl. The van der Waals surface area contributed by atoms with Crippen molar-refractivity contribution in [3.63, 3.8) is 0 Å². The minimum absolute atomic E-state index is 0.836. The molecule has 0 saturated heterocycles. The Morgan fingerprint density at radius 3 is 2.18 bits per heavy atom. The van der Waals surface area contributed by atoms with Crippen LogP contribution in [0, 0.1) is 6.92 Å². The van der Waals surface area contributed by atoms with Crippen LogP contribution in [0.5, 0.6) is 0 Å². The molecule has 0 aliphatic heterocycles. The first-order valence-electron chi connectivity index (χ1n) is 3.72. The molecule has 0 nitrogen and oxygen atoms in total. The van der Waals surface area contributed by atoms with E-state index in [1.807, 2.05) is 39.0 Å². The Morgan fingerprint density at radius 2 is 1.82 bits per heavy atom. The highest BCUT2D eigenvalue weighted by Gasteiger charge is 1.94. The second-order valence-corrected chi connectivity index (χ2v) is 2.98. The van der Waals surface area contributed by atoms with Crippen LogP contribution in [0.4, 0.5) is 0 Å². The zero-order valence-corrected chi connectivity index (χ0v) is 9.10. The predicted molar refractivity (Wildman–Crippen MR) is 56.9 cm³/mol. The summed E-state index contributed by atoms with van der Waals surface area (Å²) in [7, 11) is 2.64. The lowest BCUT2D eigenvalue weighted by atomic mass is 10.2. The first-order chi connectivity index (χ1) is 5.22. The predicted octanol–water partition coefficient (Wildman–Crippen LogP) is 3.18. The standard InChI is InChI=1S/C7H8ClP.C2H6/c1-5-6(8)3-2-4-7(5)9;1-2/h2-4H,9H2,1H3;1-2H3. The van der Waals surface area contributed by atoms with Gasteiger partial charge in [0.1, 0.15) is 0 Å². The van der Waals surface area contributed by atoms with Gasteiger partial charge in [0.05, 0.1) is 0 Å². The van der Waals surface area contributed by atoms with E-state index in [0.717, 1.165) is 10.6 Å². The lowest BCUT2D eigenvalue weighted by Gasteiger charge is -1.98. The maximum Gasteiger partial charge on any atom is 0.0441 e. The average molecular weight is 189 g/mol. The summed E-state index contributed by atoms with van der Waals surface area (Å²) in [6.45, 7) is 6.00. The quantitative estimate of drug-likeness (QED) is 0.549. The van der Waals surface area contributed by atoms with Crippen LogP contribution in [0.25, 0.3) is 0 Å². The van der Waals surface area contributed by atoms with Gasteiger partial charge in [-0.25, -0.2) is 0 Å². The lowest BCUT2D eigenvalue weighted by molar-refractivity contribution is 1.50. The topological polar surface area (TPSA) is 0 Å². The highest BCUT2D eigenvalue weighted by Crippen LogP contribution is 2.12. The van der Waals surface area contributed by atoms with E-state index in [1.54, 1.807) is 0 Å². The number of hydrogen-bond acceptors (Lipinski definition) is 0. The molecule has 1 aromatic rings. The van der Waals surface area contributed by atoms with Crippen molar-refractivity contribution in [3.05, 3.63) is 28.8 Å². The molecule has 0 spiro atoms. The summed E-state index contributed by atoms with van der Waals surface area (Å²) in [5, 5.41) is 2.00. The summed E-state index contributed by atoms with van der Waals surface area (Å²) in [5.74, 6) is 0. The van der Waals surface area contributed by atoms with E-state index >= 15 is 0 Å². The minimum atomic E-state index is 0.836. The van der Waals surface area contributed by atoms with Gasteiger partial charge in [-0.15, -0.1) is 9.24 Å². The Balaban J connectivity index is 0.000000461. The van der Waals surface area contributed by atoms with Gasteiger partial charge in [-0.1, -0.05) is 37.6 Å². The van der Waals surface area contributed by atoms with Crippen molar-refractivity contribution in [2.75, 3.05) is 0 Å². The van der Waals surface area contributed by atoms with Crippen LogP contribution in [0.1, 0.15) is 19.4 Å². The molecule has 0 N–H and O–H groups in total. The van der Waals surface area contributed by atoms with Crippen LogP contribution in [0.3, 0.4) is 0 Å². The van der Waals surface area contributed by atoms with Crippen molar-refractivity contribution in [2.45, 2.75) is 20.8 Å². The van der Waals surface area contributed by atoms with Gasteiger partial charge in [0.25, 0.3) is 0 Å². The van der Waals surface area contributed by atoms with Crippen LogP contribution < -0.4 is 5.30 Å². The molecular formula is C9H14ClP. The zero-order chi connectivity index (χ0) is 8.85. The molecule has 0 heterocycles. The van der Waals surface area contributed by atoms with E-state index in [2.05, 4.69) is 9.24 Å². The maximum absolute atomic E-state index is 5.80. The van der Waals surface area contributed by atoms with Crippen LogP contribution in [-0.4, -0.2) is 0 Å². The number of benzene rings is 1. The molecular weight excluding hydrogens is 175 g/mol. The third-order valence-electron chi connectivity index (χ3n) is 1.31. The molecule has 0 amide bonds. The van der Waals surface area contributed by atoms with Gasteiger partial charge >= 0.3 is 0 Å². The fourth-order valence-corrected chi connectivity index (χ4v) is 1.16. The smallest absolute Gasteiger partial charge is 0.0441 e. The monoisotopic (exact) mass is 188 g/mol. The first-order valence-corrected chi connectivity index (χ1v) is 4.68. The molecule has 62 valence electrons. The second kappa shape index (κ2) is 5.57. The van der Waals surface area contributed by atoms with Crippen LogP contribution in [-0.2, 0) is 0 Å². The molecule has 0 aliphatic rings. The maximum atomic E-state index is 5.80. The van der Waals surface area contributed by atoms with Gasteiger partial charge in [0.15, 0.2) is 0 Å². The summed E-state index contributed by atoms with van der Waals surface area (Å²) in [6, 6.07) is 5.86. The van der Waals surface area contributed by atoms with Crippen LogP contribution in [0.2, 0.25) is 5.02 Å². The van der Waals surface area contributed by atoms with E-state index in [9.17, 15) is 0 Å². The molecule has 1 atom stereocenters. The van der Waals surface area contributed by atoms with Gasteiger partial charge in [-0.3, -0.25) is 0 Å². The lowest BCUT2D eigenvalue weighted by Crippen LogP contribution is -1.94. The largest absolute Gasteiger partial charge is 0.105 e. The molecule has 11 heavy (non-hydrogen) atoms. The first kappa shape index (κ1) is 10.9. The van der Waals surface area contributed by atoms with E-state index in [1.165, 1.54) is 5.30 Å². The molecule has 1 rings (SSSR count). The molecule has 1 unspecified atom stereocenters. The number of halogens is 1. The fourth-order valence-electron chi connectivity index (χ4n) is 0.624. The molecule has 2 heteroatoms. The normalized spacial score (nSPS) is 8.45. The molecule has 1 aromatic carbocycles. The average Bonchev–Trinajstić information content (AvgIpc) is 2.04. The highest BCUT2D eigenvalue weighted by molar-refractivity contribution is 7.27. The van der Waals surface area contributed by atoms with Crippen LogP contribution in [0.15, 0.2) is 18.2 Å². The van der Waals surface area contributed by atoms with Crippen molar-refractivity contribution in [2.24, 2.45) is 0 Å². The van der Waals surface area contributed by atoms with E-state index < -0.39 is 0 Å². The third-order valence-corrected chi connectivity index (χ3v) is 2.34. The van der Waals surface area contributed by atoms with Crippen LogP contribution >= 0.6 is 20.8 Å². The molecule has 0 aromatic heterocycles. The van der Waals surface area contributed by atoms with Crippen molar-refractivity contribution in [3.8, 4) is 0 Å². The Bertz CT molecular complexity index is 201. The summed E-state index contributed by atoms with van der Waals surface area (Å²) in [5.41, 5.74) is 1.14. The second-order valence-electron chi connectivity index (χ2n) is 1.95. The zero-order valence-electron chi connectivity index (χ0n) is 7.19. The third kappa shape index (κ3) is 3.22. The molecule has 0 saturated carbocycles. The molecule has 0 radical (unpaired) electrons. The summed E-state index contributed by atoms with van der Waals surface area (Å²) in [6.07, 6.45) is 0. The Kier molecular flexibility index (Phi) is 5.54. The van der Waals surface area contributed by atoms with Crippen molar-refractivity contribution in [1.82, 2.24) is 0 Å². The number of rotatable bonds is 0. The summed E-state index contributed by atoms with van der Waals surface area (Å²) < 4.78 is 0. The minimum Gasteiger partial charge on any atom is -0.105 e. The summed E-state index contributed by atoms with van der Waals surface area (Å²) >= 11 is 5.80. The van der Waals surface area contributed by atoms with E-state index in [-0.39, 0.29) is 0 Å². The Morgan fingerprint density at radius 1 is 1.27 bits per heavy atom. The number of hydrogen-bond donors (Lipinski definition) is 0. The van der Waals surface area contributed by atoms with Crippen molar-refractivity contribution in [1.29, 1.82) is 0 Å². The van der Waals surface area contributed by atoms with Gasteiger partial charge in [-0.2, -0.15) is 0 Å². The highest BCUT2D eigenvalue weighted by atomic mass is 35.5. The van der Waals surface area contributed by atoms with Crippen molar-refractivity contribution >= 4 is 26.1 Å². The fraction of sp³-hybridized carbons (Fsp3) is 0.333. The molecule has 0 aliphatic carbocycles. The Labute approximate surface area is 76.2 Å². The van der Waals surface area contributed by atoms with Gasteiger partial charge < -0.3 is 0 Å². The van der Waals surface area contributed by atoms with Gasteiger partial charge in [0, 0.05) is 5.02 Å². The summed E-state index contributed by atoms with van der Waals surface area (Å²) in [4.78, 5) is 0. The van der Waals surface area contributed by atoms with E-state index in [0.29, 0.717) is 0 Å². The van der Waals surface area contributed by atoms with Gasteiger partial charge in [-0.05, 0) is 23.9 Å². The molecule has 0 fully saturated rings. The molecule has 0 bridgehead atoms. The van der Waals surface area contributed by atoms with Gasteiger partial charge in [0.2, 0.25) is 0 Å².